The predicted octanol–water partition coefficient (Wildman–Crippen LogP) is 1.76. The summed E-state index contributed by atoms with van der Waals surface area (Å²) in [7, 11) is 0. The normalized spacial score (nSPS) is 12.1. The Morgan fingerprint density at radius 2 is 2.08 bits per heavy atom. The summed E-state index contributed by atoms with van der Waals surface area (Å²) in [6, 6.07) is 9.32. The second-order valence-electron chi connectivity index (χ2n) is 2.93. The molecule has 0 heterocycles. The zero-order valence-electron chi connectivity index (χ0n) is 7.43. The second-order valence-corrected chi connectivity index (χ2v) is 2.93. The summed E-state index contributed by atoms with van der Waals surface area (Å²) in [5, 5.41) is 13.2. The molecule has 1 unspecified atom stereocenters. The standard InChI is InChI=1S/C9H12N2O2/c1-8(7-11(12)13)10-9-5-3-2-4-6-9/h2-6,8,10H,7H2,1H3. The van der Waals surface area contributed by atoms with E-state index in [4.69, 9.17) is 0 Å². The van der Waals surface area contributed by atoms with Gasteiger partial charge in [0.1, 0.15) is 0 Å². The molecule has 4 nitrogen and oxygen atoms in total. The fourth-order valence-electron chi connectivity index (χ4n) is 1.09. The van der Waals surface area contributed by atoms with Crippen LogP contribution in [0.2, 0.25) is 0 Å². The lowest BCUT2D eigenvalue weighted by Crippen LogP contribution is -2.24. The van der Waals surface area contributed by atoms with E-state index in [0.29, 0.717) is 0 Å². The molecule has 0 aliphatic carbocycles. The van der Waals surface area contributed by atoms with Crippen molar-refractivity contribution in [3.05, 3.63) is 40.4 Å². The second kappa shape index (κ2) is 4.45. The van der Waals surface area contributed by atoms with Crippen molar-refractivity contribution >= 4 is 5.69 Å². The maximum atomic E-state index is 10.2. The lowest BCUT2D eigenvalue weighted by atomic mass is 10.3. The Kier molecular flexibility index (Phi) is 3.25. The van der Waals surface area contributed by atoms with Gasteiger partial charge in [-0.05, 0) is 19.1 Å². The number of benzene rings is 1. The quantitative estimate of drug-likeness (QED) is 0.567. The van der Waals surface area contributed by atoms with Gasteiger partial charge in [0.15, 0.2) is 0 Å². The van der Waals surface area contributed by atoms with Crippen LogP contribution in [-0.4, -0.2) is 17.5 Å². The van der Waals surface area contributed by atoms with E-state index in [9.17, 15) is 10.1 Å². The average molecular weight is 180 g/mol. The molecule has 0 saturated carbocycles. The molecule has 1 N–H and O–H groups in total. The Morgan fingerprint density at radius 1 is 1.46 bits per heavy atom. The maximum absolute atomic E-state index is 10.2. The molecule has 0 aliphatic rings. The van der Waals surface area contributed by atoms with E-state index in [2.05, 4.69) is 5.32 Å². The van der Waals surface area contributed by atoms with Crippen molar-refractivity contribution in [2.45, 2.75) is 13.0 Å². The van der Waals surface area contributed by atoms with Crippen LogP contribution >= 0.6 is 0 Å². The summed E-state index contributed by atoms with van der Waals surface area (Å²) < 4.78 is 0. The molecule has 13 heavy (non-hydrogen) atoms. The summed E-state index contributed by atoms with van der Waals surface area (Å²) in [4.78, 5) is 9.85. The molecule has 0 fully saturated rings. The first kappa shape index (κ1) is 9.51. The van der Waals surface area contributed by atoms with Crippen LogP contribution in [0.4, 0.5) is 5.69 Å². The van der Waals surface area contributed by atoms with Gasteiger partial charge in [0.05, 0.1) is 6.04 Å². The topological polar surface area (TPSA) is 55.2 Å². The number of anilines is 1. The number of nitro groups is 1. The number of hydrogen-bond acceptors (Lipinski definition) is 3. The number of para-hydroxylation sites is 1. The molecule has 1 atom stereocenters. The van der Waals surface area contributed by atoms with Crippen LogP contribution in [0, 0.1) is 10.1 Å². The highest BCUT2D eigenvalue weighted by molar-refractivity contribution is 5.43. The SMILES string of the molecule is CC(C[N+](=O)[O-])Nc1ccccc1. The van der Waals surface area contributed by atoms with E-state index in [1.807, 2.05) is 30.3 Å². The van der Waals surface area contributed by atoms with Crippen LogP contribution in [-0.2, 0) is 0 Å². The Hall–Kier alpha value is -1.58. The van der Waals surface area contributed by atoms with Crippen molar-refractivity contribution in [1.29, 1.82) is 0 Å². The minimum Gasteiger partial charge on any atom is -0.376 e. The third-order valence-electron chi connectivity index (χ3n) is 1.61. The first-order chi connectivity index (χ1) is 6.18. The van der Waals surface area contributed by atoms with Gasteiger partial charge in [0.2, 0.25) is 6.54 Å². The van der Waals surface area contributed by atoms with Gasteiger partial charge in [-0.2, -0.15) is 0 Å². The van der Waals surface area contributed by atoms with Gasteiger partial charge >= 0.3 is 0 Å². The van der Waals surface area contributed by atoms with Crippen LogP contribution in [0.25, 0.3) is 0 Å². The number of hydrogen-bond donors (Lipinski definition) is 1. The molecule has 0 saturated heterocycles. The van der Waals surface area contributed by atoms with Crippen molar-refractivity contribution < 1.29 is 4.92 Å². The van der Waals surface area contributed by atoms with E-state index >= 15 is 0 Å². The summed E-state index contributed by atoms with van der Waals surface area (Å²) in [5.41, 5.74) is 0.914. The summed E-state index contributed by atoms with van der Waals surface area (Å²) in [6.45, 7) is 1.73. The molecule has 1 aromatic carbocycles. The van der Waals surface area contributed by atoms with Gasteiger partial charge in [0, 0.05) is 10.6 Å². The average Bonchev–Trinajstić information content (AvgIpc) is 2.04. The van der Waals surface area contributed by atoms with Crippen molar-refractivity contribution in [1.82, 2.24) is 0 Å². The fraction of sp³-hybridized carbons (Fsp3) is 0.333. The van der Waals surface area contributed by atoms with Gasteiger partial charge in [-0.1, -0.05) is 18.2 Å². The van der Waals surface area contributed by atoms with Crippen LogP contribution < -0.4 is 5.32 Å². The van der Waals surface area contributed by atoms with Crippen LogP contribution in [0.5, 0.6) is 0 Å². The Balaban J connectivity index is 2.45. The first-order valence-corrected chi connectivity index (χ1v) is 4.12. The van der Waals surface area contributed by atoms with Gasteiger partial charge < -0.3 is 5.32 Å². The monoisotopic (exact) mass is 180 g/mol. The maximum Gasteiger partial charge on any atom is 0.223 e. The molecule has 0 spiro atoms. The number of rotatable bonds is 4. The van der Waals surface area contributed by atoms with E-state index in [-0.39, 0.29) is 17.5 Å². The molecule has 0 radical (unpaired) electrons. The van der Waals surface area contributed by atoms with Gasteiger partial charge in [-0.25, -0.2) is 0 Å². The minimum atomic E-state index is -0.319. The lowest BCUT2D eigenvalue weighted by Gasteiger charge is -2.10. The number of nitrogens with one attached hydrogen (secondary N) is 1. The molecule has 0 aliphatic heterocycles. The van der Waals surface area contributed by atoms with Crippen molar-refractivity contribution in [3.8, 4) is 0 Å². The third-order valence-corrected chi connectivity index (χ3v) is 1.61. The molecule has 0 bridgehead atoms. The number of nitrogens with zero attached hydrogens (tertiary/aromatic N) is 1. The molecule has 1 rings (SSSR count). The van der Waals surface area contributed by atoms with Crippen molar-refractivity contribution in [3.63, 3.8) is 0 Å². The van der Waals surface area contributed by atoms with Crippen molar-refractivity contribution in [2.75, 3.05) is 11.9 Å². The van der Waals surface area contributed by atoms with E-state index in [0.717, 1.165) is 5.69 Å². The lowest BCUT2D eigenvalue weighted by molar-refractivity contribution is -0.481. The Bertz CT molecular complexity index is 274. The summed E-state index contributed by atoms with van der Waals surface area (Å²) in [5.74, 6) is 0. The summed E-state index contributed by atoms with van der Waals surface area (Å²) in [6.07, 6.45) is 0. The zero-order chi connectivity index (χ0) is 9.68. The highest BCUT2D eigenvalue weighted by Gasteiger charge is 2.07. The van der Waals surface area contributed by atoms with Crippen LogP contribution in [0.3, 0.4) is 0 Å². The van der Waals surface area contributed by atoms with Gasteiger partial charge in [-0.15, -0.1) is 0 Å². The third kappa shape index (κ3) is 3.55. The highest BCUT2D eigenvalue weighted by Crippen LogP contribution is 2.06. The molecular weight excluding hydrogens is 168 g/mol. The van der Waals surface area contributed by atoms with E-state index in [1.165, 1.54) is 0 Å². The first-order valence-electron chi connectivity index (χ1n) is 4.12. The predicted molar refractivity (Wildman–Crippen MR) is 51.4 cm³/mol. The Morgan fingerprint density at radius 3 is 2.62 bits per heavy atom. The zero-order valence-corrected chi connectivity index (χ0v) is 7.43. The minimum absolute atomic E-state index is 0.0606. The summed E-state index contributed by atoms with van der Waals surface area (Å²) >= 11 is 0. The van der Waals surface area contributed by atoms with Gasteiger partial charge in [0.25, 0.3) is 0 Å². The Labute approximate surface area is 76.7 Å². The molecular formula is C9H12N2O2. The van der Waals surface area contributed by atoms with E-state index < -0.39 is 0 Å². The molecule has 4 heteroatoms. The van der Waals surface area contributed by atoms with Crippen LogP contribution in [0.15, 0.2) is 30.3 Å². The molecule has 70 valence electrons. The molecule has 0 aromatic heterocycles. The van der Waals surface area contributed by atoms with Crippen LogP contribution in [0.1, 0.15) is 6.92 Å². The molecule has 1 aromatic rings. The van der Waals surface area contributed by atoms with E-state index in [1.54, 1.807) is 6.92 Å². The fourth-order valence-corrected chi connectivity index (χ4v) is 1.09. The largest absolute Gasteiger partial charge is 0.376 e. The highest BCUT2D eigenvalue weighted by atomic mass is 16.6. The smallest absolute Gasteiger partial charge is 0.223 e. The van der Waals surface area contributed by atoms with Crippen molar-refractivity contribution in [2.24, 2.45) is 0 Å². The van der Waals surface area contributed by atoms with Gasteiger partial charge in [-0.3, -0.25) is 10.1 Å². The molecule has 0 amide bonds.